The second-order valence-electron chi connectivity index (χ2n) is 10.6. The summed E-state index contributed by atoms with van der Waals surface area (Å²) in [7, 11) is 0. The van der Waals surface area contributed by atoms with E-state index in [1.54, 1.807) is 0 Å². The SMILES string of the molecule is CCC(=O)NCCC1CCc2ccc3c(c21)OCO3.CCCC(=O)NCCC1=CCc2ccc3c(c21)CCO3. The summed E-state index contributed by atoms with van der Waals surface area (Å²) in [5, 5.41) is 5.94. The molecule has 7 heteroatoms. The zero-order valence-corrected chi connectivity index (χ0v) is 23.2. The Hall–Kier alpha value is -3.48. The number of benzene rings is 2. The van der Waals surface area contributed by atoms with E-state index in [4.69, 9.17) is 14.2 Å². The fraction of sp³-hybridized carbons (Fsp3) is 0.500. The minimum absolute atomic E-state index is 0.121. The van der Waals surface area contributed by atoms with Crippen LogP contribution in [0.3, 0.4) is 0 Å². The van der Waals surface area contributed by atoms with Gasteiger partial charge in [0.05, 0.1) is 6.61 Å². The lowest BCUT2D eigenvalue weighted by Gasteiger charge is -2.14. The minimum atomic E-state index is 0.121. The largest absolute Gasteiger partial charge is 0.493 e. The molecule has 0 saturated heterocycles. The summed E-state index contributed by atoms with van der Waals surface area (Å²) in [6, 6.07) is 8.43. The fourth-order valence-electron chi connectivity index (χ4n) is 6.08. The van der Waals surface area contributed by atoms with E-state index in [0.29, 0.717) is 25.6 Å². The zero-order chi connectivity index (χ0) is 27.2. The molecule has 6 rings (SSSR count). The van der Waals surface area contributed by atoms with Crippen LogP contribution in [-0.2, 0) is 28.9 Å². The molecule has 0 spiro atoms. The van der Waals surface area contributed by atoms with Gasteiger partial charge in [-0.3, -0.25) is 9.59 Å². The first-order chi connectivity index (χ1) is 19.1. The number of nitrogens with one attached hydrogen (secondary N) is 2. The molecule has 7 nitrogen and oxygen atoms in total. The molecule has 2 heterocycles. The van der Waals surface area contributed by atoms with Gasteiger partial charge in [0.1, 0.15) is 5.75 Å². The van der Waals surface area contributed by atoms with Crippen LogP contribution in [0.25, 0.3) is 5.57 Å². The van der Waals surface area contributed by atoms with Gasteiger partial charge in [-0.25, -0.2) is 0 Å². The molecular formula is C32H40N2O5. The molecule has 0 fully saturated rings. The van der Waals surface area contributed by atoms with Gasteiger partial charge in [0, 0.05) is 43.5 Å². The van der Waals surface area contributed by atoms with Crippen LogP contribution < -0.4 is 24.8 Å². The average molecular weight is 533 g/mol. The van der Waals surface area contributed by atoms with Gasteiger partial charge in [-0.15, -0.1) is 0 Å². The number of allylic oxidation sites excluding steroid dienone is 1. The number of carbonyl (C=O) groups is 2. The van der Waals surface area contributed by atoms with E-state index in [0.717, 1.165) is 81.9 Å². The third kappa shape index (κ3) is 6.07. The maximum atomic E-state index is 11.5. The molecule has 1 atom stereocenters. The normalized spacial score (nSPS) is 17.3. The van der Waals surface area contributed by atoms with Crippen LogP contribution in [-0.4, -0.2) is 38.3 Å². The van der Waals surface area contributed by atoms with Gasteiger partial charge in [0.2, 0.25) is 18.6 Å². The molecule has 0 bridgehead atoms. The summed E-state index contributed by atoms with van der Waals surface area (Å²) < 4.78 is 16.7. The monoisotopic (exact) mass is 532 g/mol. The van der Waals surface area contributed by atoms with Gasteiger partial charge in [-0.1, -0.05) is 32.1 Å². The molecule has 2 N–H and O–H groups in total. The van der Waals surface area contributed by atoms with Crippen molar-refractivity contribution >= 4 is 17.4 Å². The highest BCUT2D eigenvalue weighted by atomic mass is 16.7. The van der Waals surface area contributed by atoms with Crippen molar-refractivity contribution in [1.82, 2.24) is 10.6 Å². The third-order valence-corrected chi connectivity index (χ3v) is 8.02. The van der Waals surface area contributed by atoms with Crippen LogP contribution in [0.1, 0.15) is 86.1 Å². The topological polar surface area (TPSA) is 85.9 Å². The molecule has 0 radical (unpaired) electrons. The third-order valence-electron chi connectivity index (χ3n) is 8.02. The fourth-order valence-corrected chi connectivity index (χ4v) is 6.08. The highest BCUT2D eigenvalue weighted by Gasteiger charge is 2.30. The summed E-state index contributed by atoms with van der Waals surface area (Å²) in [5.74, 6) is 3.60. The second-order valence-corrected chi connectivity index (χ2v) is 10.6. The van der Waals surface area contributed by atoms with E-state index in [1.165, 1.54) is 33.4 Å². The molecule has 2 amide bonds. The number of carbonyl (C=O) groups excluding carboxylic acids is 2. The highest BCUT2D eigenvalue weighted by molar-refractivity contribution is 5.79. The first kappa shape index (κ1) is 27.1. The van der Waals surface area contributed by atoms with Crippen molar-refractivity contribution in [3.63, 3.8) is 0 Å². The van der Waals surface area contributed by atoms with Crippen molar-refractivity contribution in [2.75, 3.05) is 26.5 Å². The Balaban J connectivity index is 0.000000158. The lowest BCUT2D eigenvalue weighted by molar-refractivity contribution is -0.121. The van der Waals surface area contributed by atoms with Crippen LogP contribution in [0, 0.1) is 0 Å². The van der Waals surface area contributed by atoms with Gasteiger partial charge in [0.25, 0.3) is 0 Å². The lowest BCUT2D eigenvalue weighted by atomic mass is 9.95. The maximum Gasteiger partial charge on any atom is 0.231 e. The van der Waals surface area contributed by atoms with E-state index < -0.39 is 0 Å². The van der Waals surface area contributed by atoms with Gasteiger partial charge in [0.15, 0.2) is 11.5 Å². The molecule has 208 valence electrons. The predicted molar refractivity (Wildman–Crippen MR) is 151 cm³/mol. The number of rotatable bonds is 9. The van der Waals surface area contributed by atoms with Gasteiger partial charge < -0.3 is 24.8 Å². The van der Waals surface area contributed by atoms with Gasteiger partial charge in [-0.05, 0) is 78.8 Å². The summed E-state index contributed by atoms with van der Waals surface area (Å²) in [6.07, 6.45) is 10.5. The highest BCUT2D eigenvalue weighted by Crippen LogP contribution is 2.47. The number of hydrogen-bond acceptors (Lipinski definition) is 5. The summed E-state index contributed by atoms with van der Waals surface area (Å²) in [4.78, 5) is 22.8. The maximum absolute atomic E-state index is 11.5. The number of ether oxygens (including phenoxy) is 3. The smallest absolute Gasteiger partial charge is 0.231 e. The van der Waals surface area contributed by atoms with E-state index in [2.05, 4.69) is 34.9 Å². The molecule has 0 saturated carbocycles. The van der Waals surface area contributed by atoms with Crippen molar-refractivity contribution in [2.45, 2.75) is 77.6 Å². The van der Waals surface area contributed by atoms with Crippen LogP contribution in [0.4, 0.5) is 0 Å². The molecule has 2 aliphatic heterocycles. The molecule has 2 aromatic rings. The number of amides is 2. The van der Waals surface area contributed by atoms with Crippen molar-refractivity contribution in [2.24, 2.45) is 0 Å². The summed E-state index contributed by atoms with van der Waals surface area (Å²) in [6.45, 7) is 6.49. The molecule has 2 aliphatic carbocycles. The minimum Gasteiger partial charge on any atom is -0.493 e. The first-order valence-corrected chi connectivity index (χ1v) is 14.5. The Morgan fingerprint density at radius 2 is 1.74 bits per heavy atom. The summed E-state index contributed by atoms with van der Waals surface area (Å²) in [5.41, 5.74) is 8.22. The molecule has 4 aliphatic rings. The van der Waals surface area contributed by atoms with Crippen LogP contribution in [0.15, 0.2) is 30.3 Å². The molecule has 2 aromatic carbocycles. The lowest BCUT2D eigenvalue weighted by Crippen LogP contribution is -2.24. The van der Waals surface area contributed by atoms with Crippen LogP contribution in [0.2, 0.25) is 0 Å². The standard InChI is InChI=1S/C17H21NO2.C15H19NO3/c1-2-3-16(19)18-10-8-13-5-4-12-6-7-15-14(17(12)13)9-11-20-15;1-2-13(17)16-8-7-11-4-3-10-5-6-12-15(14(10)11)19-9-18-12/h5-7H,2-4,8-11H2,1H3,(H,18,19);5-6,11H,2-4,7-9H2,1H3,(H,16,17). The van der Waals surface area contributed by atoms with Gasteiger partial charge in [-0.2, -0.15) is 0 Å². The van der Waals surface area contributed by atoms with Crippen LogP contribution >= 0.6 is 0 Å². The van der Waals surface area contributed by atoms with E-state index in [9.17, 15) is 9.59 Å². The first-order valence-electron chi connectivity index (χ1n) is 14.5. The summed E-state index contributed by atoms with van der Waals surface area (Å²) >= 11 is 0. The predicted octanol–water partition coefficient (Wildman–Crippen LogP) is 5.23. The Morgan fingerprint density at radius 1 is 0.923 bits per heavy atom. The number of aryl methyl sites for hydroxylation is 1. The van der Waals surface area contributed by atoms with E-state index in [-0.39, 0.29) is 11.8 Å². The Morgan fingerprint density at radius 3 is 2.59 bits per heavy atom. The molecule has 39 heavy (non-hydrogen) atoms. The molecule has 0 aromatic heterocycles. The number of fused-ring (bicyclic) bond motifs is 6. The molecule has 1 unspecified atom stereocenters. The van der Waals surface area contributed by atoms with Gasteiger partial charge >= 0.3 is 0 Å². The second kappa shape index (κ2) is 12.6. The van der Waals surface area contributed by atoms with Crippen molar-refractivity contribution in [1.29, 1.82) is 0 Å². The van der Waals surface area contributed by atoms with E-state index >= 15 is 0 Å². The Kier molecular flexibility index (Phi) is 8.74. The Bertz CT molecular complexity index is 1250. The van der Waals surface area contributed by atoms with Crippen molar-refractivity contribution < 1.29 is 23.8 Å². The van der Waals surface area contributed by atoms with Crippen molar-refractivity contribution in [3.8, 4) is 17.2 Å². The number of hydrogen-bond donors (Lipinski definition) is 2. The van der Waals surface area contributed by atoms with Crippen LogP contribution in [0.5, 0.6) is 17.2 Å². The van der Waals surface area contributed by atoms with E-state index in [1.807, 2.05) is 19.9 Å². The molecular weight excluding hydrogens is 492 g/mol. The quantitative estimate of drug-likeness (QED) is 0.462. The Labute approximate surface area is 231 Å². The zero-order valence-electron chi connectivity index (χ0n) is 23.2. The average Bonchev–Trinajstić information content (AvgIpc) is 3.74. The van der Waals surface area contributed by atoms with Crippen molar-refractivity contribution in [3.05, 3.63) is 58.2 Å².